The minimum absolute atomic E-state index is 0.801. The second-order valence-corrected chi connectivity index (χ2v) is 4.22. The van der Waals surface area contributed by atoms with Crippen LogP contribution in [0.4, 0.5) is 0 Å². The molecule has 0 spiro atoms. The van der Waals surface area contributed by atoms with Crippen LogP contribution < -0.4 is 0 Å². The van der Waals surface area contributed by atoms with Gasteiger partial charge in [-0.1, -0.05) is 0 Å². The molecule has 78 valence electrons. The van der Waals surface area contributed by atoms with Crippen LogP contribution >= 0.6 is 15.9 Å². The van der Waals surface area contributed by atoms with Crippen LogP contribution in [0.3, 0.4) is 0 Å². The Labute approximate surface area is 93.8 Å². The molecule has 14 heavy (non-hydrogen) atoms. The minimum Gasteiger partial charge on any atom is -0.385 e. The lowest BCUT2D eigenvalue weighted by atomic mass is 10.1. The van der Waals surface area contributed by atoms with Gasteiger partial charge in [-0.3, -0.25) is 4.98 Å². The van der Waals surface area contributed by atoms with Gasteiger partial charge in [0, 0.05) is 23.9 Å². The zero-order valence-corrected chi connectivity index (χ0v) is 10.5. The molecule has 0 radical (unpaired) electrons. The lowest BCUT2D eigenvalue weighted by molar-refractivity contribution is 0.195. The first-order chi connectivity index (χ1) is 6.65. The van der Waals surface area contributed by atoms with Crippen molar-refractivity contribution in [1.82, 2.24) is 4.98 Å². The molecule has 1 heterocycles. The number of ether oxygens (including phenoxy) is 1. The van der Waals surface area contributed by atoms with E-state index < -0.39 is 0 Å². The first-order valence-electron chi connectivity index (χ1n) is 4.76. The third-order valence-corrected chi connectivity index (χ3v) is 3.34. The lowest BCUT2D eigenvalue weighted by Crippen LogP contribution is -1.98. The lowest BCUT2D eigenvalue weighted by Gasteiger charge is -2.06. The molecule has 0 bridgehead atoms. The summed E-state index contributed by atoms with van der Waals surface area (Å²) < 4.78 is 6.13. The Balaban J connectivity index is 2.69. The molecule has 0 saturated heterocycles. The molecule has 0 amide bonds. The molecule has 0 saturated carbocycles. The van der Waals surface area contributed by atoms with E-state index in [4.69, 9.17) is 4.74 Å². The summed E-state index contributed by atoms with van der Waals surface area (Å²) in [5.41, 5.74) is 3.47. The number of nitrogens with zero attached hydrogens (tertiary/aromatic N) is 1. The molecule has 0 fully saturated rings. The number of hydrogen-bond acceptors (Lipinski definition) is 2. The fourth-order valence-electron chi connectivity index (χ4n) is 1.42. The molecule has 1 rings (SSSR count). The quantitative estimate of drug-likeness (QED) is 0.774. The molecule has 1 aromatic rings. The number of aromatic nitrogens is 1. The molecule has 0 aromatic carbocycles. The Morgan fingerprint density at radius 1 is 1.43 bits per heavy atom. The largest absolute Gasteiger partial charge is 0.385 e. The second-order valence-electron chi connectivity index (χ2n) is 3.43. The van der Waals surface area contributed by atoms with Gasteiger partial charge >= 0.3 is 0 Å². The van der Waals surface area contributed by atoms with Crippen LogP contribution in [0.15, 0.2) is 10.5 Å². The third-order valence-electron chi connectivity index (χ3n) is 2.14. The SMILES string of the molecule is COCCCc1cc(C)c(Br)c(C)n1. The second kappa shape index (κ2) is 5.47. The number of hydrogen-bond donors (Lipinski definition) is 0. The highest BCUT2D eigenvalue weighted by atomic mass is 79.9. The van der Waals surface area contributed by atoms with Gasteiger partial charge in [-0.05, 0) is 54.2 Å². The normalized spacial score (nSPS) is 10.6. The number of rotatable bonds is 4. The van der Waals surface area contributed by atoms with Crippen molar-refractivity contribution in [1.29, 1.82) is 0 Å². The highest BCUT2D eigenvalue weighted by Gasteiger charge is 2.03. The van der Waals surface area contributed by atoms with Crippen LogP contribution in [0.5, 0.6) is 0 Å². The standard InChI is InChI=1S/C11H16BrNO/c1-8-7-10(5-4-6-14-3)13-9(2)11(8)12/h7H,4-6H2,1-3H3. The number of methoxy groups -OCH3 is 1. The van der Waals surface area contributed by atoms with Crippen molar-refractivity contribution in [3.8, 4) is 0 Å². The van der Waals surface area contributed by atoms with Crippen molar-refractivity contribution in [2.75, 3.05) is 13.7 Å². The van der Waals surface area contributed by atoms with Crippen molar-refractivity contribution in [2.24, 2.45) is 0 Å². The van der Waals surface area contributed by atoms with E-state index in [0.29, 0.717) is 0 Å². The zero-order chi connectivity index (χ0) is 10.6. The van der Waals surface area contributed by atoms with Gasteiger partial charge in [0.1, 0.15) is 0 Å². The zero-order valence-electron chi connectivity index (χ0n) is 8.93. The van der Waals surface area contributed by atoms with Crippen LogP contribution in [-0.4, -0.2) is 18.7 Å². The van der Waals surface area contributed by atoms with Gasteiger partial charge in [0.05, 0.1) is 5.69 Å². The maximum absolute atomic E-state index is 5.01. The summed E-state index contributed by atoms with van der Waals surface area (Å²) >= 11 is 3.51. The molecule has 3 heteroatoms. The van der Waals surface area contributed by atoms with Crippen LogP contribution in [0, 0.1) is 13.8 Å². The molecule has 0 N–H and O–H groups in total. The highest BCUT2D eigenvalue weighted by Crippen LogP contribution is 2.20. The predicted molar refractivity (Wildman–Crippen MR) is 61.6 cm³/mol. The Kier molecular flexibility index (Phi) is 4.55. The molecule has 1 aromatic heterocycles. The Bertz CT molecular complexity index is 289. The first kappa shape index (κ1) is 11.7. The third kappa shape index (κ3) is 3.07. The first-order valence-corrected chi connectivity index (χ1v) is 5.56. The van der Waals surface area contributed by atoms with Gasteiger partial charge in [-0.25, -0.2) is 0 Å². The Morgan fingerprint density at radius 3 is 2.71 bits per heavy atom. The maximum Gasteiger partial charge on any atom is 0.0520 e. The maximum atomic E-state index is 5.01. The van der Waals surface area contributed by atoms with Crippen LogP contribution in [-0.2, 0) is 11.2 Å². The minimum atomic E-state index is 0.801. The smallest absolute Gasteiger partial charge is 0.0520 e. The average Bonchev–Trinajstić information content (AvgIpc) is 2.14. The summed E-state index contributed by atoms with van der Waals surface area (Å²) in [6.45, 7) is 4.92. The summed E-state index contributed by atoms with van der Waals surface area (Å²) in [7, 11) is 1.73. The van der Waals surface area contributed by atoms with Crippen molar-refractivity contribution in [3.63, 3.8) is 0 Å². The molecule has 2 nitrogen and oxygen atoms in total. The van der Waals surface area contributed by atoms with Crippen molar-refractivity contribution in [3.05, 3.63) is 27.5 Å². The summed E-state index contributed by atoms with van der Waals surface area (Å²) in [5.74, 6) is 0. The Morgan fingerprint density at radius 2 is 2.14 bits per heavy atom. The molecular weight excluding hydrogens is 242 g/mol. The number of halogens is 1. The summed E-state index contributed by atoms with van der Waals surface area (Å²) in [6, 6.07) is 2.13. The molecule has 0 unspecified atom stereocenters. The molecule has 0 atom stereocenters. The van der Waals surface area contributed by atoms with E-state index in [9.17, 15) is 0 Å². The van der Waals surface area contributed by atoms with Crippen molar-refractivity contribution < 1.29 is 4.74 Å². The van der Waals surface area contributed by atoms with Gasteiger partial charge in [-0.2, -0.15) is 0 Å². The molecule has 0 aliphatic rings. The van der Waals surface area contributed by atoms with E-state index in [1.807, 2.05) is 6.92 Å². The van der Waals surface area contributed by atoms with Gasteiger partial charge < -0.3 is 4.74 Å². The van der Waals surface area contributed by atoms with Gasteiger partial charge in [0.25, 0.3) is 0 Å². The molecule has 0 aliphatic carbocycles. The van der Waals surface area contributed by atoms with E-state index in [-0.39, 0.29) is 0 Å². The van der Waals surface area contributed by atoms with Crippen molar-refractivity contribution >= 4 is 15.9 Å². The summed E-state index contributed by atoms with van der Waals surface area (Å²) in [4.78, 5) is 4.50. The van der Waals surface area contributed by atoms with E-state index in [1.54, 1.807) is 7.11 Å². The fraction of sp³-hybridized carbons (Fsp3) is 0.545. The monoisotopic (exact) mass is 257 g/mol. The number of aryl methyl sites for hydroxylation is 3. The highest BCUT2D eigenvalue weighted by molar-refractivity contribution is 9.10. The van der Waals surface area contributed by atoms with E-state index in [2.05, 4.69) is 33.9 Å². The predicted octanol–water partition coefficient (Wildman–Crippen LogP) is 3.04. The van der Waals surface area contributed by atoms with Crippen LogP contribution in [0.2, 0.25) is 0 Å². The van der Waals surface area contributed by atoms with E-state index >= 15 is 0 Å². The average molecular weight is 258 g/mol. The fourth-order valence-corrected chi connectivity index (χ4v) is 1.62. The van der Waals surface area contributed by atoms with E-state index in [1.165, 1.54) is 5.56 Å². The topological polar surface area (TPSA) is 22.1 Å². The number of pyridine rings is 1. The molecular formula is C11H16BrNO. The van der Waals surface area contributed by atoms with Gasteiger partial charge in [-0.15, -0.1) is 0 Å². The van der Waals surface area contributed by atoms with Crippen LogP contribution in [0.25, 0.3) is 0 Å². The summed E-state index contributed by atoms with van der Waals surface area (Å²) in [5, 5.41) is 0. The summed E-state index contributed by atoms with van der Waals surface area (Å²) in [6.07, 6.45) is 2.02. The Hall–Kier alpha value is -0.410. The van der Waals surface area contributed by atoms with Crippen LogP contribution in [0.1, 0.15) is 23.4 Å². The van der Waals surface area contributed by atoms with E-state index in [0.717, 1.165) is 35.3 Å². The molecule has 0 aliphatic heterocycles. The van der Waals surface area contributed by atoms with Gasteiger partial charge in [0.2, 0.25) is 0 Å². The van der Waals surface area contributed by atoms with Crippen molar-refractivity contribution in [2.45, 2.75) is 26.7 Å². The van der Waals surface area contributed by atoms with Gasteiger partial charge in [0.15, 0.2) is 0 Å².